The molecule has 2 aromatic carbocycles. The summed E-state index contributed by atoms with van der Waals surface area (Å²) in [5.74, 6) is -0.698. The molecule has 0 bridgehead atoms. The largest absolute Gasteiger partial charge is 0.375 e. The number of carbonyl (C=O) groups excluding carboxylic acids is 2. The Hall–Kier alpha value is -2.75. The molecule has 0 radical (unpaired) electrons. The fourth-order valence-electron chi connectivity index (χ4n) is 2.88. The monoisotopic (exact) mass is 433 g/mol. The number of sulfonamides is 1. The van der Waals surface area contributed by atoms with Gasteiger partial charge in [0.05, 0.1) is 4.90 Å². The molecule has 162 valence electrons. The first-order valence-electron chi connectivity index (χ1n) is 9.53. The Morgan fingerprint density at radius 1 is 0.967 bits per heavy atom. The minimum absolute atomic E-state index is 0.0511. The molecule has 0 saturated carbocycles. The smallest absolute Gasteiger partial charge is 0.255 e. The lowest BCUT2D eigenvalue weighted by molar-refractivity contribution is -0.119. The SMILES string of the molecule is CCN(CC)S(=O)(=O)c1ccc(C)c(C(=O)Nc2ccc(NC(=O)COC)cc2)c1. The van der Waals surface area contributed by atoms with Gasteiger partial charge in [-0.1, -0.05) is 19.9 Å². The van der Waals surface area contributed by atoms with E-state index in [0.29, 0.717) is 30.0 Å². The van der Waals surface area contributed by atoms with Gasteiger partial charge < -0.3 is 15.4 Å². The van der Waals surface area contributed by atoms with Crippen LogP contribution in [-0.2, 0) is 19.6 Å². The normalized spacial score (nSPS) is 11.4. The second-order valence-corrected chi connectivity index (χ2v) is 8.52. The van der Waals surface area contributed by atoms with E-state index in [2.05, 4.69) is 10.6 Å². The molecule has 0 spiro atoms. The molecule has 9 heteroatoms. The van der Waals surface area contributed by atoms with Crippen molar-refractivity contribution in [3.8, 4) is 0 Å². The van der Waals surface area contributed by atoms with Crippen molar-refractivity contribution in [3.05, 3.63) is 53.6 Å². The summed E-state index contributed by atoms with van der Waals surface area (Å²) in [5, 5.41) is 5.42. The molecule has 2 amide bonds. The molecule has 2 N–H and O–H groups in total. The van der Waals surface area contributed by atoms with Gasteiger partial charge in [-0.25, -0.2) is 8.42 Å². The number of rotatable bonds is 9. The zero-order chi connectivity index (χ0) is 22.3. The maximum Gasteiger partial charge on any atom is 0.255 e. The highest BCUT2D eigenvalue weighted by molar-refractivity contribution is 7.89. The van der Waals surface area contributed by atoms with Gasteiger partial charge in [0.25, 0.3) is 5.91 Å². The second kappa shape index (κ2) is 10.3. The maximum atomic E-state index is 12.8. The van der Waals surface area contributed by atoms with E-state index in [9.17, 15) is 18.0 Å². The summed E-state index contributed by atoms with van der Waals surface area (Å²) in [6, 6.07) is 11.1. The van der Waals surface area contributed by atoms with Crippen LogP contribution >= 0.6 is 0 Å². The molecule has 0 unspecified atom stereocenters. The molecule has 0 fully saturated rings. The Labute approximate surface area is 177 Å². The van der Waals surface area contributed by atoms with E-state index in [1.807, 2.05) is 0 Å². The highest BCUT2D eigenvalue weighted by Crippen LogP contribution is 2.21. The summed E-state index contributed by atoms with van der Waals surface area (Å²) < 4.78 is 31.6. The average molecular weight is 434 g/mol. The fraction of sp³-hybridized carbons (Fsp3) is 0.333. The number of amides is 2. The molecule has 2 rings (SSSR count). The minimum Gasteiger partial charge on any atom is -0.375 e. The van der Waals surface area contributed by atoms with Gasteiger partial charge in [0.2, 0.25) is 15.9 Å². The molecular weight excluding hydrogens is 406 g/mol. The number of aryl methyl sites for hydroxylation is 1. The predicted molar refractivity (Wildman–Crippen MR) is 116 cm³/mol. The first-order chi connectivity index (χ1) is 14.2. The van der Waals surface area contributed by atoms with Crippen molar-refractivity contribution in [2.45, 2.75) is 25.7 Å². The van der Waals surface area contributed by atoms with Crippen LogP contribution in [0.1, 0.15) is 29.8 Å². The summed E-state index contributed by atoms with van der Waals surface area (Å²) in [7, 11) is -2.23. The molecule has 0 atom stereocenters. The van der Waals surface area contributed by atoms with Crippen LogP contribution in [0, 0.1) is 6.92 Å². The molecule has 0 aliphatic rings. The summed E-state index contributed by atoms with van der Waals surface area (Å²) in [6.45, 7) is 5.93. The lowest BCUT2D eigenvalue weighted by atomic mass is 10.1. The predicted octanol–water partition coefficient (Wildman–Crippen LogP) is 2.86. The van der Waals surface area contributed by atoms with Crippen molar-refractivity contribution in [3.63, 3.8) is 0 Å². The van der Waals surface area contributed by atoms with Crippen molar-refractivity contribution >= 4 is 33.2 Å². The number of nitrogens with one attached hydrogen (secondary N) is 2. The molecule has 0 aliphatic heterocycles. The van der Waals surface area contributed by atoms with Crippen LogP contribution in [0.5, 0.6) is 0 Å². The number of methoxy groups -OCH3 is 1. The van der Waals surface area contributed by atoms with Crippen LogP contribution < -0.4 is 10.6 Å². The fourth-order valence-corrected chi connectivity index (χ4v) is 4.37. The maximum absolute atomic E-state index is 12.8. The van der Waals surface area contributed by atoms with Gasteiger partial charge in [0, 0.05) is 37.1 Å². The summed E-state index contributed by atoms with van der Waals surface area (Å²) in [5.41, 5.74) is 2.02. The van der Waals surface area contributed by atoms with Gasteiger partial charge in [-0.05, 0) is 48.9 Å². The van der Waals surface area contributed by atoms with Gasteiger partial charge in [-0.3, -0.25) is 9.59 Å². The molecule has 2 aromatic rings. The van der Waals surface area contributed by atoms with E-state index in [1.54, 1.807) is 51.1 Å². The molecular formula is C21H27N3O5S. The van der Waals surface area contributed by atoms with Gasteiger partial charge >= 0.3 is 0 Å². The van der Waals surface area contributed by atoms with E-state index in [0.717, 1.165) is 0 Å². The lowest BCUT2D eigenvalue weighted by Crippen LogP contribution is -2.30. The Morgan fingerprint density at radius 3 is 2.07 bits per heavy atom. The minimum atomic E-state index is -3.67. The van der Waals surface area contributed by atoms with E-state index >= 15 is 0 Å². The van der Waals surface area contributed by atoms with E-state index in [-0.39, 0.29) is 23.0 Å². The number of anilines is 2. The van der Waals surface area contributed by atoms with Crippen LogP contribution in [0.25, 0.3) is 0 Å². The topological polar surface area (TPSA) is 105 Å². The van der Waals surface area contributed by atoms with Gasteiger partial charge in [0.1, 0.15) is 6.61 Å². The lowest BCUT2D eigenvalue weighted by Gasteiger charge is -2.19. The van der Waals surface area contributed by atoms with Crippen LogP contribution in [0.2, 0.25) is 0 Å². The zero-order valence-corrected chi connectivity index (χ0v) is 18.4. The summed E-state index contributed by atoms with van der Waals surface area (Å²) >= 11 is 0. The molecule has 0 saturated heterocycles. The Balaban J connectivity index is 2.20. The Bertz CT molecular complexity index is 1000. The van der Waals surface area contributed by atoms with Crippen LogP contribution in [0.3, 0.4) is 0 Å². The summed E-state index contributed by atoms with van der Waals surface area (Å²) in [6.07, 6.45) is 0. The summed E-state index contributed by atoms with van der Waals surface area (Å²) in [4.78, 5) is 24.4. The van der Waals surface area contributed by atoms with E-state index in [1.165, 1.54) is 23.5 Å². The van der Waals surface area contributed by atoms with Crippen LogP contribution in [0.4, 0.5) is 11.4 Å². The molecule has 0 aliphatic carbocycles. The Kier molecular flexibility index (Phi) is 8.10. The van der Waals surface area contributed by atoms with Gasteiger partial charge in [-0.2, -0.15) is 4.31 Å². The number of ether oxygens (including phenoxy) is 1. The standard InChI is InChI=1S/C21H27N3O5S/c1-5-24(6-2)30(27,28)18-12-7-15(3)19(13-18)21(26)23-17-10-8-16(9-11-17)22-20(25)14-29-4/h7-13H,5-6,14H2,1-4H3,(H,22,25)(H,23,26). The highest BCUT2D eigenvalue weighted by atomic mass is 32.2. The third kappa shape index (κ3) is 5.65. The van der Waals surface area contributed by atoms with Crippen molar-refractivity contribution in [2.75, 3.05) is 37.4 Å². The van der Waals surface area contributed by atoms with Gasteiger partial charge in [-0.15, -0.1) is 0 Å². The second-order valence-electron chi connectivity index (χ2n) is 6.58. The third-order valence-electron chi connectivity index (χ3n) is 4.50. The van der Waals surface area contributed by atoms with Crippen molar-refractivity contribution in [1.82, 2.24) is 4.31 Å². The van der Waals surface area contributed by atoms with E-state index < -0.39 is 15.9 Å². The number of hydrogen-bond acceptors (Lipinski definition) is 5. The van der Waals surface area contributed by atoms with Crippen LogP contribution in [0.15, 0.2) is 47.4 Å². The average Bonchev–Trinajstić information content (AvgIpc) is 2.70. The van der Waals surface area contributed by atoms with Crippen molar-refractivity contribution in [2.24, 2.45) is 0 Å². The molecule has 30 heavy (non-hydrogen) atoms. The molecule has 0 heterocycles. The quantitative estimate of drug-likeness (QED) is 0.633. The number of benzene rings is 2. The molecule has 0 aromatic heterocycles. The first-order valence-corrected chi connectivity index (χ1v) is 11.0. The number of carbonyl (C=O) groups is 2. The van der Waals surface area contributed by atoms with Crippen molar-refractivity contribution < 1.29 is 22.7 Å². The van der Waals surface area contributed by atoms with Crippen molar-refractivity contribution in [1.29, 1.82) is 0 Å². The van der Waals surface area contributed by atoms with E-state index in [4.69, 9.17) is 4.74 Å². The Morgan fingerprint density at radius 2 is 1.53 bits per heavy atom. The number of nitrogens with zero attached hydrogens (tertiary/aromatic N) is 1. The highest BCUT2D eigenvalue weighted by Gasteiger charge is 2.23. The molecule has 8 nitrogen and oxygen atoms in total. The zero-order valence-electron chi connectivity index (χ0n) is 17.6. The van der Waals surface area contributed by atoms with Gasteiger partial charge in [0.15, 0.2) is 0 Å². The third-order valence-corrected chi connectivity index (χ3v) is 6.54. The van der Waals surface area contributed by atoms with Crippen LogP contribution in [-0.4, -0.2) is 51.3 Å². The first kappa shape index (κ1) is 23.5. The number of hydrogen-bond donors (Lipinski definition) is 2.